The lowest BCUT2D eigenvalue weighted by atomic mass is 9.42. The summed E-state index contributed by atoms with van der Waals surface area (Å²) < 4.78 is 0. The van der Waals surface area contributed by atoms with Crippen molar-refractivity contribution in [3.63, 3.8) is 0 Å². The van der Waals surface area contributed by atoms with Gasteiger partial charge in [-0.3, -0.25) is 0 Å². The molecule has 0 heteroatoms. The van der Waals surface area contributed by atoms with Crippen LogP contribution in [-0.4, -0.2) is 0 Å². The second-order valence-electron chi connectivity index (χ2n) is 7.06. The predicted octanol–water partition coefficient (Wildman–Crippen LogP) is 5.35. The molecular formula is C22H20. The quantitative estimate of drug-likeness (QED) is 0.662. The Bertz CT molecular complexity index is 758. The average Bonchev–Trinajstić information content (AvgIpc) is 3.11. The fourth-order valence-corrected chi connectivity index (χ4v) is 5.49. The molecule has 0 bridgehead atoms. The molecule has 0 aliphatic heterocycles. The van der Waals surface area contributed by atoms with E-state index in [-0.39, 0.29) is 10.8 Å². The van der Waals surface area contributed by atoms with Gasteiger partial charge in [0, 0.05) is 10.8 Å². The van der Waals surface area contributed by atoms with E-state index in [1.54, 1.807) is 11.1 Å². The van der Waals surface area contributed by atoms with Crippen molar-refractivity contribution in [3.05, 3.63) is 82.9 Å². The number of hydrogen-bond acceptors (Lipinski definition) is 0. The highest BCUT2D eigenvalue weighted by Crippen LogP contribution is 2.67. The van der Waals surface area contributed by atoms with Gasteiger partial charge in [0.1, 0.15) is 0 Å². The van der Waals surface area contributed by atoms with Crippen molar-refractivity contribution in [3.8, 4) is 0 Å². The Morgan fingerprint density at radius 3 is 1.82 bits per heavy atom. The molecule has 1 fully saturated rings. The lowest BCUT2D eigenvalue weighted by Crippen LogP contribution is -2.58. The van der Waals surface area contributed by atoms with Crippen molar-refractivity contribution in [2.75, 3.05) is 0 Å². The number of allylic oxidation sites excluding steroid dienone is 2. The molecule has 0 heterocycles. The Labute approximate surface area is 132 Å². The van der Waals surface area contributed by atoms with E-state index in [9.17, 15) is 0 Å². The molecule has 1 saturated carbocycles. The first-order chi connectivity index (χ1) is 10.8. The van der Waals surface area contributed by atoms with Gasteiger partial charge in [0.05, 0.1) is 0 Å². The van der Waals surface area contributed by atoms with E-state index < -0.39 is 0 Å². The first-order valence-electron chi connectivity index (χ1n) is 8.38. The molecule has 0 saturated heterocycles. The first kappa shape index (κ1) is 12.5. The zero-order valence-corrected chi connectivity index (χ0v) is 12.9. The van der Waals surface area contributed by atoms with Crippen molar-refractivity contribution >= 4 is 12.2 Å². The van der Waals surface area contributed by atoms with E-state index in [2.05, 4.69) is 79.8 Å². The highest BCUT2D eigenvalue weighted by molar-refractivity contribution is 5.73. The average molecular weight is 284 g/mol. The topological polar surface area (TPSA) is 0 Å². The van der Waals surface area contributed by atoms with Crippen molar-refractivity contribution < 1.29 is 0 Å². The van der Waals surface area contributed by atoms with Gasteiger partial charge in [-0.1, -0.05) is 86.2 Å². The van der Waals surface area contributed by atoms with E-state index in [0.29, 0.717) is 5.92 Å². The van der Waals surface area contributed by atoms with E-state index >= 15 is 0 Å². The zero-order valence-electron chi connectivity index (χ0n) is 12.9. The summed E-state index contributed by atoms with van der Waals surface area (Å²) in [4.78, 5) is 0. The van der Waals surface area contributed by atoms with Crippen molar-refractivity contribution in [2.45, 2.75) is 30.6 Å². The summed E-state index contributed by atoms with van der Waals surface area (Å²) in [6.45, 7) is 2.36. The molecule has 2 aromatic carbocycles. The first-order valence-corrected chi connectivity index (χ1v) is 8.38. The second kappa shape index (κ2) is 4.01. The SMILES string of the molecule is CCC1C2(C=Cc3ccccc32)CC12C=Cc1ccccc12. The fourth-order valence-electron chi connectivity index (χ4n) is 5.49. The Kier molecular flexibility index (Phi) is 2.27. The van der Waals surface area contributed by atoms with Crippen LogP contribution < -0.4 is 0 Å². The molecule has 2 unspecified atom stereocenters. The minimum atomic E-state index is 0.257. The molecule has 108 valence electrons. The van der Waals surface area contributed by atoms with Crippen LogP contribution in [0.3, 0.4) is 0 Å². The second-order valence-corrected chi connectivity index (χ2v) is 7.06. The van der Waals surface area contributed by atoms with E-state index in [4.69, 9.17) is 0 Å². The molecule has 0 aromatic heterocycles. The molecule has 2 spiro atoms. The van der Waals surface area contributed by atoms with Gasteiger partial charge in [-0.05, 0) is 34.6 Å². The summed E-state index contributed by atoms with van der Waals surface area (Å²) in [7, 11) is 0. The van der Waals surface area contributed by atoms with Gasteiger partial charge in [-0.25, -0.2) is 0 Å². The maximum Gasteiger partial charge on any atom is 0.0192 e. The molecular weight excluding hydrogens is 264 g/mol. The highest BCUT2D eigenvalue weighted by Gasteiger charge is 2.63. The van der Waals surface area contributed by atoms with E-state index in [1.807, 2.05) is 0 Å². The number of fused-ring (bicyclic) bond motifs is 4. The third-order valence-corrected chi connectivity index (χ3v) is 6.28. The van der Waals surface area contributed by atoms with E-state index in [1.165, 1.54) is 24.0 Å². The third-order valence-electron chi connectivity index (χ3n) is 6.28. The van der Waals surface area contributed by atoms with Crippen molar-refractivity contribution in [1.29, 1.82) is 0 Å². The van der Waals surface area contributed by atoms with Crippen molar-refractivity contribution in [1.82, 2.24) is 0 Å². The minimum Gasteiger partial charge on any atom is -0.0729 e. The minimum absolute atomic E-state index is 0.257. The number of rotatable bonds is 1. The molecule has 0 amide bonds. The van der Waals surface area contributed by atoms with Gasteiger partial charge in [0.15, 0.2) is 0 Å². The van der Waals surface area contributed by atoms with Crippen LogP contribution in [0.1, 0.15) is 42.0 Å². The molecule has 3 aliphatic rings. The van der Waals surface area contributed by atoms with Crippen LogP contribution in [0.15, 0.2) is 60.7 Å². The summed E-state index contributed by atoms with van der Waals surface area (Å²) in [5.41, 5.74) is 6.45. The zero-order chi connectivity index (χ0) is 14.8. The lowest BCUT2D eigenvalue weighted by molar-refractivity contribution is 0.0660. The maximum absolute atomic E-state index is 2.49. The maximum atomic E-state index is 2.49. The van der Waals surface area contributed by atoms with E-state index in [0.717, 1.165) is 0 Å². The van der Waals surface area contributed by atoms with Gasteiger partial charge in [0.25, 0.3) is 0 Å². The van der Waals surface area contributed by atoms with Crippen LogP contribution in [0, 0.1) is 5.92 Å². The largest absolute Gasteiger partial charge is 0.0729 e. The van der Waals surface area contributed by atoms with Crippen LogP contribution in [0.2, 0.25) is 0 Å². The predicted molar refractivity (Wildman–Crippen MR) is 92.7 cm³/mol. The van der Waals surface area contributed by atoms with Crippen LogP contribution >= 0.6 is 0 Å². The summed E-state index contributed by atoms with van der Waals surface area (Å²) in [5.74, 6) is 0.666. The van der Waals surface area contributed by atoms with Gasteiger partial charge in [0.2, 0.25) is 0 Å². The summed E-state index contributed by atoms with van der Waals surface area (Å²) in [5, 5.41) is 0. The summed E-state index contributed by atoms with van der Waals surface area (Å²) in [6, 6.07) is 17.9. The van der Waals surface area contributed by atoms with Gasteiger partial charge >= 0.3 is 0 Å². The molecule has 3 aliphatic carbocycles. The normalized spacial score (nSPS) is 33.2. The Hall–Kier alpha value is -2.08. The third kappa shape index (κ3) is 1.26. The Balaban J connectivity index is 1.66. The van der Waals surface area contributed by atoms with Crippen molar-refractivity contribution in [2.24, 2.45) is 5.92 Å². The standard InChI is InChI=1S/C22H20/c1-2-20-21(13-11-16-7-3-5-9-18(16)21)15-22(20)14-12-17-8-4-6-10-19(17)22/h3-14,20H,2,15H2,1H3. The van der Waals surface area contributed by atoms with Crippen LogP contribution in [0.5, 0.6) is 0 Å². The number of hydrogen-bond donors (Lipinski definition) is 0. The highest BCUT2D eigenvalue weighted by atomic mass is 14.7. The molecule has 2 aromatic rings. The van der Waals surface area contributed by atoms with Crippen LogP contribution in [0.25, 0.3) is 12.2 Å². The summed E-state index contributed by atoms with van der Waals surface area (Å²) in [6.07, 6.45) is 12.1. The Morgan fingerprint density at radius 2 is 1.32 bits per heavy atom. The van der Waals surface area contributed by atoms with Gasteiger partial charge < -0.3 is 0 Å². The summed E-state index contributed by atoms with van der Waals surface area (Å²) >= 11 is 0. The molecule has 2 atom stereocenters. The monoisotopic (exact) mass is 284 g/mol. The molecule has 0 N–H and O–H groups in total. The lowest BCUT2D eigenvalue weighted by Gasteiger charge is -2.60. The smallest absolute Gasteiger partial charge is 0.0192 e. The molecule has 0 radical (unpaired) electrons. The number of benzene rings is 2. The van der Waals surface area contributed by atoms with Gasteiger partial charge in [-0.2, -0.15) is 0 Å². The van der Waals surface area contributed by atoms with Crippen LogP contribution in [0.4, 0.5) is 0 Å². The van der Waals surface area contributed by atoms with Crippen LogP contribution in [-0.2, 0) is 10.8 Å². The molecule has 5 rings (SSSR count). The van der Waals surface area contributed by atoms with Gasteiger partial charge in [-0.15, -0.1) is 0 Å². The Morgan fingerprint density at radius 1 is 0.818 bits per heavy atom. The molecule has 0 nitrogen and oxygen atoms in total. The molecule has 22 heavy (non-hydrogen) atoms. The fraction of sp³-hybridized carbons (Fsp3) is 0.273.